The van der Waals surface area contributed by atoms with Crippen LogP contribution in [0.3, 0.4) is 0 Å². The molecule has 1 aromatic carbocycles. The fourth-order valence-electron chi connectivity index (χ4n) is 3.90. The average Bonchev–Trinajstić information content (AvgIpc) is 2.95. The summed E-state index contributed by atoms with van der Waals surface area (Å²) in [6.07, 6.45) is 3.84. The molecule has 1 N–H and O–H groups in total. The summed E-state index contributed by atoms with van der Waals surface area (Å²) in [7, 11) is -2.59. The van der Waals surface area contributed by atoms with Gasteiger partial charge in [0.25, 0.3) is 0 Å². The molecule has 0 bridgehead atoms. The summed E-state index contributed by atoms with van der Waals surface area (Å²) < 4.78 is 32.7. The molecule has 8 heteroatoms. The van der Waals surface area contributed by atoms with Crippen LogP contribution in [0.2, 0.25) is 5.02 Å². The number of nitrogens with zero attached hydrogens (tertiary/aromatic N) is 1. The van der Waals surface area contributed by atoms with Gasteiger partial charge in [0, 0.05) is 12.1 Å². The number of sulfonamides is 1. The Labute approximate surface area is 146 Å². The zero-order valence-electron chi connectivity index (χ0n) is 13.3. The summed E-state index contributed by atoms with van der Waals surface area (Å²) in [5, 5.41) is 9.62. The molecular formula is C16H20ClNO5S. The molecule has 3 rings (SSSR count). The van der Waals surface area contributed by atoms with Crippen LogP contribution in [0.5, 0.6) is 5.75 Å². The van der Waals surface area contributed by atoms with Crippen molar-refractivity contribution in [2.75, 3.05) is 7.11 Å². The van der Waals surface area contributed by atoms with Crippen LogP contribution in [0.25, 0.3) is 0 Å². The first kappa shape index (κ1) is 17.5. The Hall–Kier alpha value is -1.31. The number of hydrogen-bond acceptors (Lipinski definition) is 4. The molecule has 132 valence electrons. The van der Waals surface area contributed by atoms with Crippen molar-refractivity contribution in [2.45, 2.75) is 49.1 Å². The molecule has 2 aliphatic rings. The molecule has 0 aromatic heterocycles. The lowest BCUT2D eigenvalue weighted by Crippen LogP contribution is -2.46. The topological polar surface area (TPSA) is 83.9 Å². The Morgan fingerprint density at radius 3 is 2.71 bits per heavy atom. The van der Waals surface area contributed by atoms with Gasteiger partial charge in [-0.1, -0.05) is 24.4 Å². The predicted octanol–water partition coefficient (Wildman–Crippen LogP) is 2.76. The van der Waals surface area contributed by atoms with Crippen LogP contribution < -0.4 is 4.74 Å². The molecule has 0 amide bonds. The maximum Gasteiger partial charge on any atom is 0.322 e. The summed E-state index contributed by atoms with van der Waals surface area (Å²) in [5.74, 6) is -0.643. The second-order valence-electron chi connectivity index (χ2n) is 6.33. The fraction of sp³-hybridized carbons (Fsp3) is 0.562. The van der Waals surface area contributed by atoms with Crippen LogP contribution in [-0.4, -0.2) is 43.0 Å². The van der Waals surface area contributed by atoms with Crippen molar-refractivity contribution >= 4 is 27.6 Å². The van der Waals surface area contributed by atoms with Crippen LogP contribution in [0.4, 0.5) is 0 Å². The van der Waals surface area contributed by atoms with Crippen LogP contribution in [-0.2, 0) is 14.8 Å². The van der Waals surface area contributed by atoms with Gasteiger partial charge in [0.2, 0.25) is 10.0 Å². The number of methoxy groups -OCH3 is 1. The van der Waals surface area contributed by atoms with Crippen molar-refractivity contribution in [3.05, 3.63) is 23.2 Å². The van der Waals surface area contributed by atoms with Crippen molar-refractivity contribution in [3.8, 4) is 5.75 Å². The fourth-order valence-corrected chi connectivity index (χ4v) is 6.26. The molecule has 1 aliphatic heterocycles. The van der Waals surface area contributed by atoms with E-state index >= 15 is 0 Å². The lowest BCUT2D eigenvalue weighted by atomic mass is 9.85. The van der Waals surface area contributed by atoms with E-state index in [0.717, 1.165) is 19.3 Å². The van der Waals surface area contributed by atoms with E-state index in [4.69, 9.17) is 16.3 Å². The summed E-state index contributed by atoms with van der Waals surface area (Å²) in [4.78, 5) is 11.6. The quantitative estimate of drug-likeness (QED) is 0.877. The highest BCUT2D eigenvalue weighted by atomic mass is 35.5. The molecule has 3 atom stereocenters. The third-order valence-corrected chi connectivity index (χ3v) is 7.42. The van der Waals surface area contributed by atoms with Crippen molar-refractivity contribution in [2.24, 2.45) is 5.92 Å². The molecule has 0 spiro atoms. The highest BCUT2D eigenvalue weighted by Gasteiger charge is 2.51. The molecule has 3 unspecified atom stereocenters. The van der Waals surface area contributed by atoms with Gasteiger partial charge >= 0.3 is 5.97 Å². The van der Waals surface area contributed by atoms with Gasteiger partial charge in [0.05, 0.1) is 12.1 Å². The first-order chi connectivity index (χ1) is 11.4. The average molecular weight is 374 g/mol. The van der Waals surface area contributed by atoms with E-state index in [1.807, 2.05) is 0 Å². The van der Waals surface area contributed by atoms with Crippen LogP contribution in [0.15, 0.2) is 23.1 Å². The summed E-state index contributed by atoms with van der Waals surface area (Å²) in [6.45, 7) is 0. The van der Waals surface area contributed by atoms with Crippen LogP contribution in [0.1, 0.15) is 32.1 Å². The molecule has 6 nitrogen and oxygen atoms in total. The van der Waals surface area contributed by atoms with Gasteiger partial charge in [-0.15, -0.1) is 0 Å². The predicted molar refractivity (Wildman–Crippen MR) is 88.8 cm³/mol. The summed E-state index contributed by atoms with van der Waals surface area (Å²) in [6, 6.07) is 3.07. The van der Waals surface area contributed by atoms with Crippen LogP contribution >= 0.6 is 11.6 Å². The van der Waals surface area contributed by atoms with Crippen molar-refractivity contribution in [3.63, 3.8) is 0 Å². The minimum absolute atomic E-state index is 0.0687. The molecule has 1 saturated carbocycles. The lowest BCUT2D eigenvalue weighted by molar-refractivity contribution is -0.141. The maximum atomic E-state index is 13.2. The van der Waals surface area contributed by atoms with E-state index in [-0.39, 0.29) is 21.9 Å². The zero-order chi connectivity index (χ0) is 17.5. The van der Waals surface area contributed by atoms with Crippen molar-refractivity contribution < 1.29 is 23.1 Å². The minimum Gasteiger partial charge on any atom is -0.497 e. The smallest absolute Gasteiger partial charge is 0.322 e. The van der Waals surface area contributed by atoms with Gasteiger partial charge in [-0.3, -0.25) is 4.79 Å². The number of ether oxygens (including phenoxy) is 1. The van der Waals surface area contributed by atoms with E-state index in [1.165, 1.54) is 23.5 Å². The van der Waals surface area contributed by atoms with Crippen molar-refractivity contribution in [1.29, 1.82) is 0 Å². The number of benzene rings is 1. The van der Waals surface area contributed by atoms with E-state index in [2.05, 4.69) is 0 Å². The van der Waals surface area contributed by atoms with Gasteiger partial charge in [-0.2, -0.15) is 4.31 Å². The number of hydrogen-bond donors (Lipinski definition) is 1. The van der Waals surface area contributed by atoms with E-state index in [9.17, 15) is 18.3 Å². The molecule has 1 heterocycles. The second-order valence-corrected chi connectivity index (χ2v) is 8.55. The third-order valence-electron chi connectivity index (χ3n) is 5.01. The number of aliphatic carboxylic acids is 1. The normalized spacial score (nSPS) is 27.7. The van der Waals surface area contributed by atoms with Crippen LogP contribution in [0, 0.1) is 5.92 Å². The molecule has 1 aliphatic carbocycles. The molecule has 2 fully saturated rings. The van der Waals surface area contributed by atoms with Gasteiger partial charge in [0.15, 0.2) is 0 Å². The minimum atomic E-state index is -4.03. The van der Waals surface area contributed by atoms with Gasteiger partial charge in [0.1, 0.15) is 16.7 Å². The Morgan fingerprint density at radius 2 is 2.04 bits per heavy atom. The third kappa shape index (κ3) is 2.89. The number of fused-ring (bicyclic) bond motifs is 1. The lowest BCUT2D eigenvalue weighted by Gasteiger charge is -2.32. The second kappa shape index (κ2) is 6.54. The number of carboxylic acids is 1. The largest absolute Gasteiger partial charge is 0.497 e. The SMILES string of the molecule is COc1ccc(Cl)c(S(=O)(=O)N2C(C(=O)O)CC3CCCCC32)c1. The summed E-state index contributed by atoms with van der Waals surface area (Å²) in [5.41, 5.74) is 0. The van der Waals surface area contributed by atoms with E-state index < -0.39 is 22.0 Å². The van der Waals surface area contributed by atoms with E-state index in [0.29, 0.717) is 18.6 Å². The van der Waals surface area contributed by atoms with Gasteiger partial charge in [-0.05, 0) is 37.3 Å². The Morgan fingerprint density at radius 1 is 1.33 bits per heavy atom. The maximum absolute atomic E-state index is 13.2. The number of halogens is 1. The number of carboxylic acid groups (broad SMARTS) is 1. The van der Waals surface area contributed by atoms with Gasteiger partial charge < -0.3 is 9.84 Å². The molecule has 24 heavy (non-hydrogen) atoms. The number of rotatable bonds is 4. The highest BCUT2D eigenvalue weighted by molar-refractivity contribution is 7.89. The molecular weight excluding hydrogens is 354 g/mol. The first-order valence-corrected chi connectivity index (χ1v) is 9.78. The number of carbonyl (C=O) groups is 1. The Bertz CT molecular complexity index is 751. The Balaban J connectivity index is 2.08. The molecule has 1 saturated heterocycles. The standard InChI is InChI=1S/C16H20ClNO5S/c1-23-11-6-7-12(17)15(9-11)24(21,22)18-13-5-3-2-4-10(13)8-14(18)16(19)20/h6-7,9-10,13-14H,2-5,8H2,1H3,(H,19,20). The highest BCUT2D eigenvalue weighted by Crippen LogP contribution is 2.43. The first-order valence-electron chi connectivity index (χ1n) is 7.96. The van der Waals surface area contributed by atoms with Gasteiger partial charge in [-0.25, -0.2) is 8.42 Å². The monoisotopic (exact) mass is 373 g/mol. The zero-order valence-corrected chi connectivity index (χ0v) is 14.9. The molecule has 1 aromatic rings. The van der Waals surface area contributed by atoms with E-state index in [1.54, 1.807) is 6.07 Å². The summed E-state index contributed by atoms with van der Waals surface area (Å²) >= 11 is 6.11. The van der Waals surface area contributed by atoms with Crippen molar-refractivity contribution in [1.82, 2.24) is 4.31 Å². The Kier molecular flexibility index (Phi) is 4.77. The molecule has 0 radical (unpaired) electrons.